The summed E-state index contributed by atoms with van der Waals surface area (Å²) < 4.78 is 0. The van der Waals surface area contributed by atoms with Gasteiger partial charge in [-0.2, -0.15) is 0 Å². The van der Waals surface area contributed by atoms with Crippen LogP contribution >= 0.6 is 0 Å². The second kappa shape index (κ2) is 16.3. The number of hydrogen-bond acceptors (Lipinski definition) is 12. The van der Waals surface area contributed by atoms with E-state index >= 15 is 0 Å². The fourth-order valence-electron chi connectivity index (χ4n) is 9.97. The highest BCUT2D eigenvalue weighted by atomic mass is 16.2. The number of urea groups is 1. The van der Waals surface area contributed by atoms with Crippen LogP contribution in [0.4, 0.5) is 22.0 Å². The largest absolute Gasteiger partial charge is 0.371 e. The average Bonchev–Trinajstić information content (AvgIpc) is 3.93. The Kier molecular flexibility index (Phi) is 10.7. The molecule has 1 unspecified atom stereocenters. The van der Waals surface area contributed by atoms with Crippen molar-refractivity contribution in [2.45, 2.75) is 57.0 Å². The Balaban J connectivity index is 0.771. The van der Waals surface area contributed by atoms with E-state index in [-0.39, 0.29) is 48.6 Å². The van der Waals surface area contributed by atoms with Gasteiger partial charge in [-0.05, 0) is 67.5 Å². The summed E-state index contributed by atoms with van der Waals surface area (Å²) in [6.07, 6.45) is 5.13. The molecule has 1 saturated carbocycles. The van der Waals surface area contributed by atoms with E-state index < -0.39 is 23.8 Å². The number of piperidine rings is 1. The number of anilines is 3. The van der Waals surface area contributed by atoms with Crippen molar-refractivity contribution >= 4 is 52.5 Å². The van der Waals surface area contributed by atoms with Crippen LogP contribution in [-0.2, 0) is 16.0 Å². The molecule has 2 aromatic carbocycles. The molecule has 60 heavy (non-hydrogen) atoms. The second-order valence-electron chi connectivity index (χ2n) is 17.2. The van der Waals surface area contributed by atoms with Gasteiger partial charge in [0.2, 0.25) is 0 Å². The zero-order valence-electron chi connectivity index (χ0n) is 34.1. The standard InChI is InChI=1S/C44H52N10O6/c1-48-15-20-53(44(48)60)32-3-2-13-52(27-32)39-24-46-40(41(45)57)36(47-39)21-28-4-6-30(7-5-28)50-18-16-49(17-19-50)25-29-12-14-51(26-29)31-8-10-34-35(22-31)43(59)54(42(34)58)37-11-9-33(55)23-38(37)56/h4-8,10,22,24,29,32,37H,2-3,9,11-21,23,25-27H2,1H3,(H2,45,57)/t29-,32-,37?/m1/s1. The molecule has 16 nitrogen and oxygen atoms in total. The summed E-state index contributed by atoms with van der Waals surface area (Å²) in [4.78, 5) is 99.6. The Morgan fingerprint density at radius 2 is 1.55 bits per heavy atom. The third-order valence-electron chi connectivity index (χ3n) is 13.3. The Labute approximate surface area is 349 Å². The highest BCUT2D eigenvalue weighted by Crippen LogP contribution is 2.34. The van der Waals surface area contributed by atoms with Crippen LogP contribution in [0, 0.1) is 5.92 Å². The normalized spacial score (nSPS) is 24.0. The van der Waals surface area contributed by atoms with E-state index in [0.717, 1.165) is 107 Å². The molecule has 0 radical (unpaired) electrons. The first-order chi connectivity index (χ1) is 29.0. The number of imide groups is 1. The van der Waals surface area contributed by atoms with E-state index in [0.29, 0.717) is 41.5 Å². The number of benzene rings is 2. The topological polar surface area (TPSA) is 177 Å². The summed E-state index contributed by atoms with van der Waals surface area (Å²) in [5.41, 5.74) is 10.2. The molecule has 1 aliphatic carbocycles. The van der Waals surface area contributed by atoms with Gasteiger partial charge in [-0.3, -0.25) is 33.8 Å². The van der Waals surface area contributed by atoms with Gasteiger partial charge in [0.1, 0.15) is 17.3 Å². The first kappa shape index (κ1) is 39.6. The highest BCUT2D eigenvalue weighted by molar-refractivity contribution is 6.24. The third kappa shape index (κ3) is 7.68. The zero-order chi connectivity index (χ0) is 41.7. The molecule has 5 aliphatic heterocycles. The number of carbonyl (C=O) groups excluding carboxylic acids is 6. The maximum absolute atomic E-state index is 13.4. The molecule has 3 atom stereocenters. The number of amides is 5. The van der Waals surface area contributed by atoms with Gasteiger partial charge in [-0.25, -0.2) is 14.8 Å². The van der Waals surface area contributed by atoms with Crippen LogP contribution < -0.4 is 20.4 Å². The summed E-state index contributed by atoms with van der Waals surface area (Å²) in [6.45, 7) is 9.33. The molecule has 6 aliphatic rings. The Hall–Kier alpha value is -5.90. The maximum Gasteiger partial charge on any atom is 0.320 e. The van der Waals surface area contributed by atoms with Crippen LogP contribution in [0.15, 0.2) is 48.7 Å². The number of rotatable bonds is 10. The number of piperazine rings is 1. The number of nitrogens with zero attached hydrogens (tertiary/aromatic N) is 9. The minimum atomic E-state index is -0.867. The molecular formula is C44H52N10O6. The Morgan fingerprint density at radius 3 is 2.28 bits per heavy atom. The van der Waals surface area contributed by atoms with Crippen LogP contribution in [-0.4, -0.2) is 156 Å². The van der Waals surface area contributed by atoms with Gasteiger partial charge in [-0.1, -0.05) is 12.1 Å². The first-order valence-electron chi connectivity index (χ1n) is 21.3. The number of Topliss-reactive ketones (excluding diaryl/α,β-unsaturated/α-hetero) is 2. The minimum Gasteiger partial charge on any atom is -0.371 e. The molecule has 1 aromatic heterocycles. The third-order valence-corrected chi connectivity index (χ3v) is 13.3. The number of carbonyl (C=O) groups is 6. The summed E-state index contributed by atoms with van der Waals surface area (Å²) >= 11 is 0. The predicted octanol–water partition coefficient (Wildman–Crippen LogP) is 2.44. The fraction of sp³-hybridized carbons (Fsp3) is 0.500. The minimum absolute atomic E-state index is 0.0697. The number of aromatic nitrogens is 2. The highest BCUT2D eigenvalue weighted by Gasteiger charge is 2.45. The Morgan fingerprint density at radius 1 is 0.783 bits per heavy atom. The van der Waals surface area contributed by atoms with Gasteiger partial charge >= 0.3 is 6.03 Å². The second-order valence-corrected chi connectivity index (χ2v) is 17.2. The molecule has 314 valence electrons. The number of primary amides is 1. The molecule has 3 aromatic rings. The lowest BCUT2D eigenvalue weighted by Gasteiger charge is -2.38. The predicted molar refractivity (Wildman–Crippen MR) is 223 cm³/mol. The number of nitrogens with two attached hydrogens (primary N) is 1. The number of hydrogen-bond donors (Lipinski definition) is 1. The van der Waals surface area contributed by atoms with E-state index in [1.54, 1.807) is 23.2 Å². The quantitative estimate of drug-likeness (QED) is 0.234. The van der Waals surface area contributed by atoms with Crippen LogP contribution in [0.2, 0.25) is 0 Å². The van der Waals surface area contributed by atoms with Crippen molar-refractivity contribution in [2.75, 3.05) is 93.7 Å². The first-order valence-corrected chi connectivity index (χ1v) is 21.3. The molecule has 5 amide bonds. The summed E-state index contributed by atoms with van der Waals surface area (Å²) in [7, 11) is 1.84. The summed E-state index contributed by atoms with van der Waals surface area (Å²) in [5.74, 6) is -0.846. The molecule has 5 fully saturated rings. The van der Waals surface area contributed by atoms with Crippen molar-refractivity contribution in [3.63, 3.8) is 0 Å². The molecule has 0 bridgehead atoms. The van der Waals surface area contributed by atoms with Gasteiger partial charge in [0, 0.05) is 103 Å². The van der Waals surface area contributed by atoms with Crippen molar-refractivity contribution in [3.05, 3.63) is 76.7 Å². The average molecular weight is 817 g/mol. The van der Waals surface area contributed by atoms with Gasteiger partial charge < -0.3 is 30.2 Å². The zero-order valence-corrected chi connectivity index (χ0v) is 34.1. The van der Waals surface area contributed by atoms with E-state index in [1.807, 2.05) is 18.0 Å². The van der Waals surface area contributed by atoms with Gasteiger partial charge in [-0.15, -0.1) is 0 Å². The lowest BCUT2D eigenvalue weighted by molar-refractivity contribution is -0.132. The van der Waals surface area contributed by atoms with Crippen molar-refractivity contribution < 1.29 is 28.8 Å². The Bertz CT molecular complexity index is 2220. The van der Waals surface area contributed by atoms with Crippen molar-refractivity contribution in [3.8, 4) is 0 Å². The van der Waals surface area contributed by atoms with Gasteiger partial charge in [0.05, 0.1) is 41.5 Å². The molecule has 2 N–H and O–H groups in total. The summed E-state index contributed by atoms with van der Waals surface area (Å²) in [5, 5.41) is 0. The van der Waals surface area contributed by atoms with Crippen LogP contribution in [0.1, 0.15) is 81.0 Å². The van der Waals surface area contributed by atoms with E-state index in [4.69, 9.17) is 10.7 Å². The molecule has 0 spiro atoms. The van der Waals surface area contributed by atoms with Gasteiger partial charge in [0.15, 0.2) is 5.78 Å². The number of likely N-dealkylation sites (N-methyl/N-ethyl adjacent to an activating group) is 1. The van der Waals surface area contributed by atoms with Crippen LogP contribution in [0.25, 0.3) is 0 Å². The van der Waals surface area contributed by atoms with Crippen molar-refractivity contribution in [2.24, 2.45) is 11.7 Å². The molecular weight excluding hydrogens is 765 g/mol. The van der Waals surface area contributed by atoms with E-state index in [9.17, 15) is 28.8 Å². The molecule has 16 heteroatoms. The van der Waals surface area contributed by atoms with E-state index in [1.165, 1.54) is 0 Å². The number of fused-ring (bicyclic) bond motifs is 1. The summed E-state index contributed by atoms with van der Waals surface area (Å²) in [6, 6.07) is 13.1. The lowest BCUT2D eigenvalue weighted by atomic mass is 9.92. The van der Waals surface area contributed by atoms with Crippen LogP contribution in [0.5, 0.6) is 0 Å². The maximum atomic E-state index is 13.4. The van der Waals surface area contributed by atoms with Crippen molar-refractivity contribution in [1.82, 2.24) is 29.6 Å². The fourth-order valence-corrected chi connectivity index (χ4v) is 9.97. The van der Waals surface area contributed by atoms with Crippen molar-refractivity contribution in [1.29, 1.82) is 0 Å². The smallest absolute Gasteiger partial charge is 0.320 e. The number of ketones is 2. The monoisotopic (exact) mass is 816 g/mol. The lowest BCUT2D eigenvalue weighted by Crippen LogP contribution is -2.49. The van der Waals surface area contributed by atoms with Crippen LogP contribution in [0.3, 0.4) is 0 Å². The molecule has 4 saturated heterocycles. The molecule has 9 rings (SSSR count). The SMILES string of the molecule is CN1CCN([C@@H]2CCCN(c3cnc(C(N)=O)c(Cc4ccc(N5CCN(C[C@H]6CCN(c7ccc8c(c7)C(=O)N(C7CCC(=O)CC7=O)C8=O)C6)CC5)cc4)n3)C2)C1=O. The van der Waals surface area contributed by atoms with E-state index in [2.05, 4.69) is 48.8 Å². The molecule has 6 heterocycles. The van der Waals surface area contributed by atoms with Gasteiger partial charge in [0.25, 0.3) is 17.7 Å².